The average molecular weight is 231 g/mol. The van der Waals surface area contributed by atoms with Crippen LogP contribution in [-0.4, -0.2) is 0 Å². The van der Waals surface area contributed by atoms with Crippen LogP contribution in [-0.2, 0) is 0 Å². The van der Waals surface area contributed by atoms with Crippen molar-refractivity contribution in [2.24, 2.45) is 0 Å². The third-order valence-corrected chi connectivity index (χ3v) is 3.86. The molecule has 18 heavy (non-hydrogen) atoms. The van der Waals surface area contributed by atoms with Crippen LogP contribution in [0.15, 0.2) is 48.5 Å². The third-order valence-electron chi connectivity index (χ3n) is 3.86. The Labute approximate surface area is 105 Å². The van der Waals surface area contributed by atoms with Gasteiger partial charge in [-0.15, -0.1) is 0 Å². The average Bonchev–Trinajstić information content (AvgIpc) is 2.38. The minimum atomic E-state index is 0.867. The van der Waals surface area contributed by atoms with Crippen LogP contribution in [0.3, 0.4) is 0 Å². The van der Waals surface area contributed by atoms with Crippen LogP contribution in [0.2, 0.25) is 0 Å². The van der Waals surface area contributed by atoms with E-state index in [1.807, 2.05) is 0 Å². The molecule has 4 aromatic carbocycles. The highest BCUT2D eigenvalue weighted by atomic mass is 14.6. The standard InChI is InChI=1S/C17H13N/c1-10-8-11-4-2-5-12-9-15(18)14-7-3-6-13(10)17(14)16(11)12/h2-9H,18H2,1H3. The van der Waals surface area contributed by atoms with Crippen molar-refractivity contribution in [3.63, 3.8) is 0 Å². The van der Waals surface area contributed by atoms with E-state index in [4.69, 9.17) is 5.73 Å². The van der Waals surface area contributed by atoms with Gasteiger partial charge in [-0.05, 0) is 45.5 Å². The number of hydrogen-bond donors (Lipinski definition) is 1. The second kappa shape index (κ2) is 3.14. The van der Waals surface area contributed by atoms with Crippen LogP contribution in [0.25, 0.3) is 32.3 Å². The molecule has 0 saturated carbocycles. The van der Waals surface area contributed by atoms with Crippen molar-refractivity contribution in [2.75, 3.05) is 5.73 Å². The number of nitrogen functional groups attached to an aromatic ring is 1. The molecule has 0 aliphatic carbocycles. The van der Waals surface area contributed by atoms with Crippen molar-refractivity contribution >= 4 is 38.0 Å². The van der Waals surface area contributed by atoms with Crippen LogP contribution >= 0.6 is 0 Å². The number of anilines is 1. The highest BCUT2D eigenvalue weighted by Gasteiger charge is 2.11. The third kappa shape index (κ3) is 1.06. The Bertz CT molecular complexity index is 823. The van der Waals surface area contributed by atoms with Gasteiger partial charge in [0, 0.05) is 11.1 Å². The molecule has 0 spiro atoms. The fourth-order valence-corrected chi connectivity index (χ4v) is 3.07. The topological polar surface area (TPSA) is 26.0 Å². The highest BCUT2D eigenvalue weighted by Crippen LogP contribution is 2.38. The lowest BCUT2D eigenvalue weighted by molar-refractivity contribution is 1.56. The van der Waals surface area contributed by atoms with Crippen molar-refractivity contribution in [1.29, 1.82) is 0 Å². The van der Waals surface area contributed by atoms with Crippen LogP contribution in [0.4, 0.5) is 5.69 Å². The number of aryl methyl sites for hydroxylation is 1. The fourth-order valence-electron chi connectivity index (χ4n) is 3.07. The molecule has 1 heteroatoms. The van der Waals surface area contributed by atoms with E-state index < -0.39 is 0 Å². The van der Waals surface area contributed by atoms with E-state index in [-0.39, 0.29) is 0 Å². The maximum absolute atomic E-state index is 6.19. The van der Waals surface area contributed by atoms with Gasteiger partial charge in [-0.2, -0.15) is 0 Å². The van der Waals surface area contributed by atoms with E-state index in [1.165, 1.54) is 37.9 Å². The van der Waals surface area contributed by atoms with Gasteiger partial charge in [0.05, 0.1) is 0 Å². The Morgan fingerprint density at radius 3 is 2.28 bits per heavy atom. The van der Waals surface area contributed by atoms with Gasteiger partial charge in [-0.25, -0.2) is 0 Å². The highest BCUT2D eigenvalue weighted by molar-refractivity contribution is 6.26. The summed E-state index contributed by atoms with van der Waals surface area (Å²) >= 11 is 0. The quantitative estimate of drug-likeness (QED) is 0.350. The lowest BCUT2D eigenvalue weighted by Gasteiger charge is -2.14. The molecule has 0 unspecified atom stereocenters. The molecular weight excluding hydrogens is 218 g/mol. The van der Waals surface area contributed by atoms with Crippen LogP contribution < -0.4 is 5.73 Å². The zero-order valence-corrected chi connectivity index (χ0v) is 10.2. The van der Waals surface area contributed by atoms with Crippen molar-refractivity contribution in [1.82, 2.24) is 0 Å². The smallest absolute Gasteiger partial charge is 0.0400 e. The largest absolute Gasteiger partial charge is 0.398 e. The zero-order chi connectivity index (χ0) is 12.3. The summed E-state index contributed by atoms with van der Waals surface area (Å²) in [4.78, 5) is 0. The molecule has 0 aromatic heterocycles. The van der Waals surface area contributed by atoms with Gasteiger partial charge in [0.15, 0.2) is 0 Å². The van der Waals surface area contributed by atoms with E-state index in [2.05, 4.69) is 55.5 Å². The summed E-state index contributed by atoms with van der Waals surface area (Å²) < 4.78 is 0. The molecule has 0 radical (unpaired) electrons. The second-order valence-corrected chi connectivity index (χ2v) is 4.97. The van der Waals surface area contributed by atoms with Crippen molar-refractivity contribution in [3.05, 3.63) is 54.1 Å². The van der Waals surface area contributed by atoms with Crippen LogP contribution in [0, 0.1) is 6.92 Å². The fraction of sp³-hybridized carbons (Fsp3) is 0.0588. The van der Waals surface area contributed by atoms with E-state index >= 15 is 0 Å². The summed E-state index contributed by atoms with van der Waals surface area (Å²) in [5.41, 5.74) is 8.37. The molecule has 4 aromatic rings. The lowest BCUT2D eigenvalue weighted by Crippen LogP contribution is -1.91. The van der Waals surface area contributed by atoms with Crippen LogP contribution in [0.5, 0.6) is 0 Å². The Balaban J connectivity index is 2.51. The number of benzene rings is 4. The number of nitrogens with two attached hydrogens (primary N) is 1. The molecular formula is C17H13N. The Morgan fingerprint density at radius 2 is 1.44 bits per heavy atom. The Morgan fingerprint density at radius 1 is 0.778 bits per heavy atom. The van der Waals surface area contributed by atoms with E-state index in [0.29, 0.717) is 0 Å². The first-order chi connectivity index (χ1) is 8.75. The number of hydrogen-bond acceptors (Lipinski definition) is 1. The molecule has 86 valence electrons. The van der Waals surface area contributed by atoms with E-state index in [9.17, 15) is 0 Å². The van der Waals surface area contributed by atoms with Gasteiger partial charge in [0.1, 0.15) is 0 Å². The molecule has 0 bridgehead atoms. The van der Waals surface area contributed by atoms with Gasteiger partial charge < -0.3 is 5.73 Å². The molecule has 4 rings (SSSR count). The van der Waals surface area contributed by atoms with Gasteiger partial charge in [0.25, 0.3) is 0 Å². The van der Waals surface area contributed by atoms with Crippen molar-refractivity contribution < 1.29 is 0 Å². The summed E-state index contributed by atoms with van der Waals surface area (Å²) in [5, 5.41) is 7.65. The van der Waals surface area contributed by atoms with Crippen molar-refractivity contribution in [3.8, 4) is 0 Å². The number of rotatable bonds is 0. The summed E-state index contributed by atoms with van der Waals surface area (Å²) in [5.74, 6) is 0. The molecule has 0 aliphatic rings. The monoisotopic (exact) mass is 231 g/mol. The summed E-state index contributed by atoms with van der Waals surface area (Å²) in [6.07, 6.45) is 0. The SMILES string of the molecule is Cc1cc2cccc3cc(N)c4cccc1c4c23. The minimum Gasteiger partial charge on any atom is -0.398 e. The van der Waals surface area contributed by atoms with Crippen LogP contribution in [0.1, 0.15) is 5.56 Å². The molecule has 2 N–H and O–H groups in total. The zero-order valence-electron chi connectivity index (χ0n) is 10.2. The van der Waals surface area contributed by atoms with E-state index in [1.54, 1.807) is 0 Å². The minimum absolute atomic E-state index is 0.867. The molecule has 0 saturated heterocycles. The predicted molar refractivity (Wildman–Crippen MR) is 79.3 cm³/mol. The van der Waals surface area contributed by atoms with Gasteiger partial charge in [-0.1, -0.05) is 42.5 Å². The molecule has 0 aliphatic heterocycles. The van der Waals surface area contributed by atoms with Crippen molar-refractivity contribution in [2.45, 2.75) is 6.92 Å². The Hall–Kier alpha value is -2.28. The molecule has 0 fully saturated rings. The first kappa shape index (κ1) is 9.72. The molecule has 0 atom stereocenters. The maximum Gasteiger partial charge on any atom is 0.0400 e. The van der Waals surface area contributed by atoms with Gasteiger partial charge >= 0.3 is 0 Å². The van der Waals surface area contributed by atoms with E-state index in [0.717, 1.165) is 5.69 Å². The first-order valence-electron chi connectivity index (χ1n) is 6.18. The first-order valence-corrected chi connectivity index (χ1v) is 6.18. The summed E-state index contributed by atoms with van der Waals surface area (Å²) in [6, 6.07) is 17.1. The molecule has 0 amide bonds. The normalized spacial score (nSPS) is 11.8. The second-order valence-electron chi connectivity index (χ2n) is 4.97. The molecule has 1 nitrogen and oxygen atoms in total. The maximum atomic E-state index is 6.19. The predicted octanol–water partition coefficient (Wildman–Crippen LogP) is 4.47. The Kier molecular flexibility index (Phi) is 1.69. The van der Waals surface area contributed by atoms with Gasteiger partial charge in [0.2, 0.25) is 0 Å². The lowest BCUT2D eigenvalue weighted by atomic mass is 9.91. The summed E-state index contributed by atoms with van der Waals surface area (Å²) in [7, 11) is 0. The van der Waals surface area contributed by atoms with Gasteiger partial charge in [-0.3, -0.25) is 0 Å². The summed E-state index contributed by atoms with van der Waals surface area (Å²) in [6.45, 7) is 2.17. The molecule has 0 heterocycles.